The van der Waals surface area contributed by atoms with Crippen LogP contribution >= 0.6 is 11.8 Å². The molecule has 0 aromatic heterocycles. The summed E-state index contributed by atoms with van der Waals surface area (Å²) >= 11 is 1.96. The van der Waals surface area contributed by atoms with Crippen molar-refractivity contribution in [1.29, 1.82) is 0 Å². The fraction of sp³-hybridized carbons (Fsp3) is 1.00. The Bertz CT molecular complexity index is 145. The minimum Gasteiger partial charge on any atom is -0.314 e. The molecule has 0 aliphatic rings. The molecular weight excluding hydrogens is 202 g/mol. The Kier molecular flexibility index (Phi) is 8.64. The van der Waals surface area contributed by atoms with E-state index in [1.54, 1.807) is 0 Å². The van der Waals surface area contributed by atoms with Gasteiger partial charge in [-0.1, -0.05) is 20.8 Å². The maximum atomic E-state index is 3.57. The standard InChI is InChI=1S/C13H29NS/c1-6-9-14-12(2)11-13(3,4)8-7-10-15-5/h12,14H,6-11H2,1-5H3. The van der Waals surface area contributed by atoms with E-state index in [0.717, 1.165) is 6.54 Å². The molecule has 0 aliphatic heterocycles. The van der Waals surface area contributed by atoms with Gasteiger partial charge in [0.05, 0.1) is 0 Å². The van der Waals surface area contributed by atoms with Crippen LogP contribution in [0.15, 0.2) is 0 Å². The third kappa shape index (κ3) is 9.25. The van der Waals surface area contributed by atoms with E-state index >= 15 is 0 Å². The second-order valence-corrected chi connectivity index (χ2v) is 6.31. The molecule has 0 amide bonds. The highest BCUT2D eigenvalue weighted by molar-refractivity contribution is 7.98. The van der Waals surface area contributed by atoms with Crippen LogP contribution in [0.4, 0.5) is 0 Å². The lowest BCUT2D eigenvalue weighted by atomic mass is 9.82. The zero-order valence-corrected chi connectivity index (χ0v) is 12.0. The molecular formula is C13H29NS. The van der Waals surface area contributed by atoms with Crippen molar-refractivity contribution in [2.45, 2.75) is 59.4 Å². The molecule has 0 aromatic rings. The van der Waals surface area contributed by atoms with E-state index in [0.29, 0.717) is 11.5 Å². The maximum absolute atomic E-state index is 3.57. The molecule has 0 saturated heterocycles. The van der Waals surface area contributed by atoms with Gasteiger partial charge in [0.2, 0.25) is 0 Å². The third-order valence-electron chi connectivity index (χ3n) is 2.80. The lowest BCUT2D eigenvalue weighted by molar-refractivity contribution is 0.267. The van der Waals surface area contributed by atoms with Gasteiger partial charge in [0.25, 0.3) is 0 Å². The summed E-state index contributed by atoms with van der Waals surface area (Å²) in [5, 5.41) is 3.57. The van der Waals surface area contributed by atoms with E-state index in [4.69, 9.17) is 0 Å². The molecule has 0 radical (unpaired) electrons. The fourth-order valence-corrected chi connectivity index (χ4v) is 2.52. The largest absolute Gasteiger partial charge is 0.314 e. The van der Waals surface area contributed by atoms with Gasteiger partial charge in [-0.3, -0.25) is 0 Å². The Morgan fingerprint density at radius 2 is 2.00 bits per heavy atom. The van der Waals surface area contributed by atoms with Crippen molar-refractivity contribution in [3.63, 3.8) is 0 Å². The highest BCUT2D eigenvalue weighted by atomic mass is 32.2. The van der Waals surface area contributed by atoms with Crippen LogP contribution in [-0.4, -0.2) is 24.6 Å². The van der Waals surface area contributed by atoms with Crippen molar-refractivity contribution in [3.8, 4) is 0 Å². The molecule has 1 nitrogen and oxygen atoms in total. The predicted molar refractivity (Wildman–Crippen MR) is 73.8 cm³/mol. The summed E-state index contributed by atoms with van der Waals surface area (Å²) in [6.45, 7) is 10.5. The van der Waals surface area contributed by atoms with Crippen LogP contribution in [0, 0.1) is 5.41 Å². The molecule has 15 heavy (non-hydrogen) atoms. The number of hydrogen-bond donors (Lipinski definition) is 1. The smallest absolute Gasteiger partial charge is 0.00438 e. The Morgan fingerprint density at radius 3 is 2.53 bits per heavy atom. The average Bonchev–Trinajstić information content (AvgIpc) is 2.14. The highest BCUT2D eigenvalue weighted by Gasteiger charge is 2.20. The summed E-state index contributed by atoms with van der Waals surface area (Å²) in [5.74, 6) is 1.31. The van der Waals surface area contributed by atoms with E-state index in [-0.39, 0.29) is 0 Å². The molecule has 0 rings (SSSR count). The fourth-order valence-electron chi connectivity index (χ4n) is 2.09. The van der Waals surface area contributed by atoms with Crippen LogP contribution in [-0.2, 0) is 0 Å². The van der Waals surface area contributed by atoms with Gasteiger partial charge in [0, 0.05) is 6.04 Å². The number of thioether (sulfide) groups is 1. The van der Waals surface area contributed by atoms with E-state index in [9.17, 15) is 0 Å². The van der Waals surface area contributed by atoms with Gasteiger partial charge in [-0.25, -0.2) is 0 Å². The van der Waals surface area contributed by atoms with Gasteiger partial charge >= 0.3 is 0 Å². The average molecular weight is 231 g/mol. The Balaban J connectivity index is 3.69. The van der Waals surface area contributed by atoms with Gasteiger partial charge in [-0.2, -0.15) is 11.8 Å². The van der Waals surface area contributed by atoms with Crippen LogP contribution in [0.2, 0.25) is 0 Å². The Hall–Kier alpha value is 0.310. The predicted octanol–water partition coefficient (Wildman–Crippen LogP) is 3.93. The number of hydrogen-bond acceptors (Lipinski definition) is 2. The van der Waals surface area contributed by atoms with Crippen molar-refractivity contribution >= 4 is 11.8 Å². The van der Waals surface area contributed by atoms with Gasteiger partial charge in [-0.05, 0) is 56.6 Å². The molecule has 0 heterocycles. The minimum atomic E-state index is 0.496. The Labute approximate surface area is 101 Å². The summed E-state index contributed by atoms with van der Waals surface area (Å²) < 4.78 is 0. The van der Waals surface area contributed by atoms with Gasteiger partial charge < -0.3 is 5.32 Å². The molecule has 0 spiro atoms. The second kappa shape index (κ2) is 8.46. The lowest BCUT2D eigenvalue weighted by Crippen LogP contribution is -2.31. The first kappa shape index (κ1) is 15.3. The van der Waals surface area contributed by atoms with Crippen molar-refractivity contribution in [2.24, 2.45) is 5.41 Å². The molecule has 92 valence electrons. The molecule has 2 heteroatoms. The topological polar surface area (TPSA) is 12.0 Å². The minimum absolute atomic E-state index is 0.496. The molecule has 0 aromatic carbocycles. The highest BCUT2D eigenvalue weighted by Crippen LogP contribution is 2.28. The molecule has 1 atom stereocenters. The summed E-state index contributed by atoms with van der Waals surface area (Å²) in [6.07, 6.45) is 7.43. The second-order valence-electron chi connectivity index (χ2n) is 5.32. The zero-order valence-electron chi connectivity index (χ0n) is 11.2. The Morgan fingerprint density at radius 1 is 1.33 bits per heavy atom. The molecule has 0 fully saturated rings. The quantitative estimate of drug-likeness (QED) is 0.603. The van der Waals surface area contributed by atoms with Crippen molar-refractivity contribution in [2.75, 3.05) is 18.6 Å². The van der Waals surface area contributed by atoms with Gasteiger partial charge in [-0.15, -0.1) is 0 Å². The maximum Gasteiger partial charge on any atom is 0.00438 e. The first-order chi connectivity index (χ1) is 7.02. The van der Waals surface area contributed by atoms with Crippen molar-refractivity contribution in [1.82, 2.24) is 5.32 Å². The van der Waals surface area contributed by atoms with E-state index in [1.165, 1.54) is 31.4 Å². The summed E-state index contributed by atoms with van der Waals surface area (Å²) in [7, 11) is 0. The number of nitrogens with one attached hydrogen (secondary N) is 1. The van der Waals surface area contributed by atoms with Gasteiger partial charge in [0.1, 0.15) is 0 Å². The van der Waals surface area contributed by atoms with E-state index in [2.05, 4.69) is 39.3 Å². The van der Waals surface area contributed by atoms with Crippen LogP contribution in [0.1, 0.15) is 53.4 Å². The zero-order chi connectivity index (χ0) is 11.7. The van der Waals surface area contributed by atoms with Crippen LogP contribution < -0.4 is 5.32 Å². The summed E-state index contributed by atoms with van der Waals surface area (Å²) in [5.41, 5.74) is 0.496. The molecule has 0 bridgehead atoms. The molecule has 1 N–H and O–H groups in total. The van der Waals surface area contributed by atoms with Crippen LogP contribution in [0.25, 0.3) is 0 Å². The lowest BCUT2D eigenvalue weighted by Gasteiger charge is -2.28. The SMILES string of the molecule is CCCNC(C)CC(C)(C)CCCSC. The monoisotopic (exact) mass is 231 g/mol. The first-order valence-electron chi connectivity index (χ1n) is 6.24. The third-order valence-corrected chi connectivity index (χ3v) is 3.50. The van der Waals surface area contributed by atoms with E-state index < -0.39 is 0 Å². The van der Waals surface area contributed by atoms with Crippen LogP contribution in [0.3, 0.4) is 0 Å². The van der Waals surface area contributed by atoms with Crippen molar-refractivity contribution < 1.29 is 0 Å². The summed E-state index contributed by atoms with van der Waals surface area (Å²) in [6, 6.07) is 0.661. The van der Waals surface area contributed by atoms with Crippen LogP contribution in [0.5, 0.6) is 0 Å². The molecule has 0 aliphatic carbocycles. The van der Waals surface area contributed by atoms with Crippen molar-refractivity contribution in [3.05, 3.63) is 0 Å². The normalized spacial score (nSPS) is 14.2. The summed E-state index contributed by atoms with van der Waals surface area (Å²) in [4.78, 5) is 0. The van der Waals surface area contributed by atoms with Gasteiger partial charge in [0.15, 0.2) is 0 Å². The molecule has 1 unspecified atom stereocenters. The molecule has 0 saturated carbocycles. The first-order valence-corrected chi connectivity index (χ1v) is 7.63. The number of rotatable bonds is 9. The van der Waals surface area contributed by atoms with E-state index in [1.807, 2.05) is 11.8 Å².